The van der Waals surface area contributed by atoms with Gasteiger partial charge in [-0.25, -0.2) is 0 Å². The first-order valence-corrected chi connectivity index (χ1v) is 7.26. The number of hydrogen-bond donors (Lipinski definition) is 1. The summed E-state index contributed by atoms with van der Waals surface area (Å²) in [7, 11) is 0. The van der Waals surface area contributed by atoms with Gasteiger partial charge in [0.1, 0.15) is 5.75 Å². The molecule has 1 fully saturated rings. The smallest absolute Gasteiger partial charge is 0.119 e. The lowest BCUT2D eigenvalue weighted by molar-refractivity contribution is 0.0446. The van der Waals surface area contributed by atoms with Crippen LogP contribution in [0.3, 0.4) is 0 Å². The molecule has 2 rings (SSSR count). The average Bonchev–Trinajstić information content (AvgIpc) is 2.44. The van der Waals surface area contributed by atoms with Gasteiger partial charge in [0.25, 0.3) is 0 Å². The van der Waals surface area contributed by atoms with Gasteiger partial charge < -0.3 is 14.8 Å². The summed E-state index contributed by atoms with van der Waals surface area (Å²) in [4.78, 5) is 0. The van der Waals surface area contributed by atoms with Gasteiger partial charge in [-0.15, -0.1) is 0 Å². The second-order valence-electron chi connectivity index (χ2n) is 5.52. The number of benzene rings is 1. The molecule has 0 radical (unpaired) electrons. The minimum atomic E-state index is 0.207. The monoisotopic (exact) mass is 263 g/mol. The molecule has 1 N–H and O–H groups in total. The Morgan fingerprint density at radius 3 is 2.84 bits per heavy atom. The minimum Gasteiger partial charge on any atom is -0.494 e. The number of ether oxygens (including phenoxy) is 2. The standard InChI is InChI=1S/C16H25NO2/c1-3-9-19-15-6-4-5-14(12-15)13-17-16(2)7-10-18-11-8-16/h4-6,12,17H,3,7-11,13H2,1-2H3. The normalized spacial score (nSPS) is 18.2. The van der Waals surface area contributed by atoms with Crippen molar-refractivity contribution >= 4 is 0 Å². The molecule has 0 bridgehead atoms. The lowest BCUT2D eigenvalue weighted by Gasteiger charge is -2.34. The molecule has 1 aromatic rings. The third-order valence-corrected chi connectivity index (χ3v) is 3.69. The van der Waals surface area contributed by atoms with Crippen LogP contribution in [-0.2, 0) is 11.3 Å². The zero-order valence-electron chi connectivity index (χ0n) is 12.1. The fraction of sp³-hybridized carbons (Fsp3) is 0.625. The zero-order chi connectivity index (χ0) is 13.6. The number of hydrogen-bond acceptors (Lipinski definition) is 3. The summed E-state index contributed by atoms with van der Waals surface area (Å²) >= 11 is 0. The molecule has 0 spiro atoms. The predicted molar refractivity (Wildman–Crippen MR) is 77.5 cm³/mol. The van der Waals surface area contributed by atoms with E-state index in [0.717, 1.165) is 51.4 Å². The van der Waals surface area contributed by atoms with Crippen LogP contribution in [0.15, 0.2) is 24.3 Å². The molecule has 0 aromatic heterocycles. The Balaban J connectivity index is 1.88. The van der Waals surface area contributed by atoms with E-state index in [1.54, 1.807) is 0 Å². The van der Waals surface area contributed by atoms with Gasteiger partial charge in [0.2, 0.25) is 0 Å². The van der Waals surface area contributed by atoms with E-state index in [9.17, 15) is 0 Å². The molecule has 19 heavy (non-hydrogen) atoms. The Labute approximate surface area is 116 Å². The quantitative estimate of drug-likeness (QED) is 0.855. The van der Waals surface area contributed by atoms with Crippen molar-refractivity contribution < 1.29 is 9.47 Å². The largest absolute Gasteiger partial charge is 0.494 e. The Bertz CT molecular complexity index is 386. The zero-order valence-corrected chi connectivity index (χ0v) is 12.1. The van der Waals surface area contributed by atoms with Crippen LogP contribution in [0.4, 0.5) is 0 Å². The van der Waals surface area contributed by atoms with E-state index in [-0.39, 0.29) is 5.54 Å². The molecule has 0 saturated carbocycles. The first-order valence-electron chi connectivity index (χ1n) is 7.26. The maximum absolute atomic E-state index is 5.66. The topological polar surface area (TPSA) is 30.5 Å². The molecule has 0 atom stereocenters. The van der Waals surface area contributed by atoms with E-state index in [1.807, 2.05) is 6.07 Å². The second-order valence-corrected chi connectivity index (χ2v) is 5.52. The SMILES string of the molecule is CCCOc1cccc(CNC2(C)CCOCC2)c1. The van der Waals surface area contributed by atoms with Gasteiger partial charge in [-0.05, 0) is 43.9 Å². The Hall–Kier alpha value is -1.06. The van der Waals surface area contributed by atoms with Gasteiger partial charge in [-0.3, -0.25) is 0 Å². The van der Waals surface area contributed by atoms with Crippen molar-refractivity contribution in [3.8, 4) is 5.75 Å². The maximum Gasteiger partial charge on any atom is 0.119 e. The summed E-state index contributed by atoms with van der Waals surface area (Å²) in [5.74, 6) is 0.971. The van der Waals surface area contributed by atoms with Crippen LogP contribution in [-0.4, -0.2) is 25.4 Å². The molecular formula is C16H25NO2. The minimum absolute atomic E-state index is 0.207. The fourth-order valence-corrected chi connectivity index (χ4v) is 2.28. The van der Waals surface area contributed by atoms with Crippen molar-refractivity contribution in [1.82, 2.24) is 5.32 Å². The van der Waals surface area contributed by atoms with E-state index in [2.05, 4.69) is 37.4 Å². The van der Waals surface area contributed by atoms with Crippen LogP contribution < -0.4 is 10.1 Å². The van der Waals surface area contributed by atoms with Crippen molar-refractivity contribution in [3.63, 3.8) is 0 Å². The van der Waals surface area contributed by atoms with Crippen LogP contribution in [0.2, 0.25) is 0 Å². The van der Waals surface area contributed by atoms with Gasteiger partial charge in [-0.1, -0.05) is 19.1 Å². The van der Waals surface area contributed by atoms with Crippen LogP contribution in [0.1, 0.15) is 38.7 Å². The number of rotatable bonds is 6. The lowest BCUT2D eigenvalue weighted by Crippen LogP contribution is -2.46. The van der Waals surface area contributed by atoms with Gasteiger partial charge >= 0.3 is 0 Å². The van der Waals surface area contributed by atoms with E-state index >= 15 is 0 Å². The first kappa shape index (κ1) is 14.4. The summed E-state index contributed by atoms with van der Waals surface area (Å²) in [6, 6.07) is 8.36. The summed E-state index contributed by atoms with van der Waals surface area (Å²) < 4.78 is 11.1. The van der Waals surface area contributed by atoms with Crippen LogP contribution in [0.25, 0.3) is 0 Å². The van der Waals surface area contributed by atoms with Crippen molar-refractivity contribution in [3.05, 3.63) is 29.8 Å². The summed E-state index contributed by atoms with van der Waals surface area (Å²) in [6.45, 7) is 7.81. The molecule has 3 heteroatoms. The Morgan fingerprint density at radius 2 is 2.11 bits per heavy atom. The van der Waals surface area contributed by atoms with Crippen molar-refractivity contribution in [2.45, 2.75) is 45.2 Å². The fourth-order valence-electron chi connectivity index (χ4n) is 2.28. The van der Waals surface area contributed by atoms with Crippen molar-refractivity contribution in [1.29, 1.82) is 0 Å². The van der Waals surface area contributed by atoms with Gasteiger partial charge in [0.15, 0.2) is 0 Å². The highest BCUT2D eigenvalue weighted by molar-refractivity contribution is 5.28. The summed E-state index contributed by atoms with van der Waals surface area (Å²) in [5, 5.41) is 3.66. The molecule has 0 amide bonds. The van der Waals surface area contributed by atoms with Crippen LogP contribution in [0, 0.1) is 0 Å². The molecule has 1 aliphatic heterocycles. The Morgan fingerprint density at radius 1 is 1.32 bits per heavy atom. The maximum atomic E-state index is 5.66. The lowest BCUT2D eigenvalue weighted by atomic mass is 9.92. The predicted octanol–water partition coefficient (Wildman–Crippen LogP) is 3.13. The molecular weight excluding hydrogens is 238 g/mol. The summed E-state index contributed by atoms with van der Waals surface area (Å²) in [5.41, 5.74) is 1.49. The molecule has 106 valence electrons. The van der Waals surface area contributed by atoms with Crippen molar-refractivity contribution in [2.75, 3.05) is 19.8 Å². The molecule has 0 unspecified atom stereocenters. The third kappa shape index (κ3) is 4.51. The average molecular weight is 263 g/mol. The molecule has 3 nitrogen and oxygen atoms in total. The van der Waals surface area contributed by atoms with Crippen LogP contribution >= 0.6 is 0 Å². The molecule has 1 heterocycles. The van der Waals surface area contributed by atoms with Gasteiger partial charge in [-0.2, -0.15) is 0 Å². The van der Waals surface area contributed by atoms with E-state index in [4.69, 9.17) is 9.47 Å². The molecule has 1 saturated heterocycles. The second kappa shape index (κ2) is 6.92. The van der Waals surface area contributed by atoms with E-state index in [1.165, 1.54) is 5.56 Å². The van der Waals surface area contributed by atoms with Gasteiger partial charge in [0.05, 0.1) is 6.61 Å². The van der Waals surface area contributed by atoms with E-state index in [0.29, 0.717) is 0 Å². The first-order chi connectivity index (χ1) is 9.22. The highest BCUT2D eigenvalue weighted by atomic mass is 16.5. The highest BCUT2D eigenvalue weighted by Crippen LogP contribution is 2.21. The molecule has 1 aromatic carbocycles. The summed E-state index contributed by atoms with van der Waals surface area (Å²) in [6.07, 6.45) is 3.21. The van der Waals surface area contributed by atoms with Crippen LogP contribution in [0.5, 0.6) is 5.75 Å². The number of nitrogens with one attached hydrogen (secondary N) is 1. The Kier molecular flexibility index (Phi) is 5.23. The molecule has 0 aliphatic carbocycles. The van der Waals surface area contributed by atoms with Gasteiger partial charge in [0, 0.05) is 25.3 Å². The van der Waals surface area contributed by atoms with E-state index < -0.39 is 0 Å². The third-order valence-electron chi connectivity index (χ3n) is 3.69. The molecule has 1 aliphatic rings. The highest BCUT2D eigenvalue weighted by Gasteiger charge is 2.26. The van der Waals surface area contributed by atoms with Crippen molar-refractivity contribution in [2.24, 2.45) is 0 Å².